The van der Waals surface area contributed by atoms with Gasteiger partial charge < -0.3 is 5.73 Å². The Labute approximate surface area is 112 Å². The van der Waals surface area contributed by atoms with E-state index in [1.807, 2.05) is 26.0 Å². The van der Waals surface area contributed by atoms with E-state index >= 15 is 0 Å². The number of aromatic nitrogens is 3. The quantitative estimate of drug-likeness (QED) is 0.907. The van der Waals surface area contributed by atoms with E-state index in [4.69, 9.17) is 11.0 Å². The molecule has 0 unspecified atom stereocenters. The SMILES string of the molecule is CC(C)[C@@H](C#N)c1ccc(-c2cnc(N)nc2)nc1. The van der Waals surface area contributed by atoms with Gasteiger partial charge in [0, 0.05) is 24.2 Å². The van der Waals surface area contributed by atoms with Gasteiger partial charge in [-0.1, -0.05) is 19.9 Å². The van der Waals surface area contributed by atoms with Gasteiger partial charge in [0.15, 0.2) is 0 Å². The highest BCUT2D eigenvalue weighted by molar-refractivity contribution is 5.57. The summed E-state index contributed by atoms with van der Waals surface area (Å²) >= 11 is 0. The maximum absolute atomic E-state index is 9.16. The summed E-state index contributed by atoms with van der Waals surface area (Å²) < 4.78 is 0. The molecule has 2 heterocycles. The van der Waals surface area contributed by atoms with Crippen LogP contribution in [0.2, 0.25) is 0 Å². The highest BCUT2D eigenvalue weighted by Gasteiger charge is 2.15. The summed E-state index contributed by atoms with van der Waals surface area (Å²) in [5.74, 6) is 0.367. The van der Waals surface area contributed by atoms with Gasteiger partial charge in [-0.2, -0.15) is 5.26 Å². The van der Waals surface area contributed by atoms with Gasteiger partial charge in [-0.3, -0.25) is 4.98 Å². The van der Waals surface area contributed by atoms with Crippen LogP contribution in [0.1, 0.15) is 25.3 Å². The summed E-state index contributed by atoms with van der Waals surface area (Å²) in [6, 6.07) is 6.10. The summed E-state index contributed by atoms with van der Waals surface area (Å²) in [7, 11) is 0. The molecule has 2 aromatic heterocycles. The predicted molar refractivity (Wildman–Crippen MR) is 72.9 cm³/mol. The van der Waals surface area contributed by atoms with Crippen LogP contribution < -0.4 is 5.73 Å². The molecule has 96 valence electrons. The van der Waals surface area contributed by atoms with E-state index in [0.29, 0.717) is 0 Å². The Balaban J connectivity index is 2.28. The fourth-order valence-electron chi connectivity index (χ4n) is 1.84. The minimum atomic E-state index is -0.135. The Bertz CT molecular complexity index is 581. The van der Waals surface area contributed by atoms with Crippen molar-refractivity contribution in [1.82, 2.24) is 15.0 Å². The van der Waals surface area contributed by atoms with Crippen LogP contribution in [0.15, 0.2) is 30.7 Å². The van der Waals surface area contributed by atoms with Gasteiger partial charge in [-0.25, -0.2) is 9.97 Å². The number of nitriles is 1. The first kappa shape index (κ1) is 13.0. The van der Waals surface area contributed by atoms with E-state index < -0.39 is 0 Å². The molecule has 0 saturated carbocycles. The Morgan fingerprint density at radius 2 is 1.79 bits per heavy atom. The Hall–Kier alpha value is -2.48. The van der Waals surface area contributed by atoms with Gasteiger partial charge in [-0.05, 0) is 17.5 Å². The van der Waals surface area contributed by atoms with Crippen molar-refractivity contribution >= 4 is 5.95 Å². The molecule has 19 heavy (non-hydrogen) atoms. The molecule has 0 aliphatic rings. The minimum Gasteiger partial charge on any atom is -0.368 e. The molecule has 2 rings (SSSR count). The molecule has 0 bridgehead atoms. The Morgan fingerprint density at radius 3 is 2.26 bits per heavy atom. The lowest BCUT2D eigenvalue weighted by Gasteiger charge is -2.13. The van der Waals surface area contributed by atoms with Crippen LogP contribution in [0, 0.1) is 17.2 Å². The molecule has 0 spiro atoms. The van der Waals surface area contributed by atoms with Crippen molar-refractivity contribution < 1.29 is 0 Å². The minimum absolute atomic E-state index is 0.135. The van der Waals surface area contributed by atoms with Gasteiger partial charge >= 0.3 is 0 Å². The molecular formula is C14H15N5. The molecule has 0 amide bonds. The molecule has 0 aliphatic carbocycles. The lowest BCUT2D eigenvalue weighted by molar-refractivity contribution is 0.586. The zero-order valence-electron chi connectivity index (χ0n) is 10.9. The van der Waals surface area contributed by atoms with Crippen molar-refractivity contribution in [3.05, 3.63) is 36.3 Å². The van der Waals surface area contributed by atoms with E-state index in [0.717, 1.165) is 16.8 Å². The Kier molecular flexibility index (Phi) is 3.71. The molecule has 0 aromatic carbocycles. The molecule has 0 aliphatic heterocycles. The molecule has 0 saturated heterocycles. The van der Waals surface area contributed by atoms with Crippen LogP contribution in [-0.2, 0) is 0 Å². The van der Waals surface area contributed by atoms with Crippen LogP contribution >= 0.6 is 0 Å². The smallest absolute Gasteiger partial charge is 0.219 e. The first-order valence-electron chi connectivity index (χ1n) is 6.05. The van der Waals surface area contributed by atoms with Crippen molar-refractivity contribution in [3.8, 4) is 17.3 Å². The number of hydrogen-bond acceptors (Lipinski definition) is 5. The fourth-order valence-corrected chi connectivity index (χ4v) is 1.84. The van der Waals surface area contributed by atoms with Gasteiger partial charge in [-0.15, -0.1) is 0 Å². The van der Waals surface area contributed by atoms with Crippen molar-refractivity contribution in [2.24, 2.45) is 5.92 Å². The molecule has 0 fully saturated rings. The number of anilines is 1. The first-order chi connectivity index (χ1) is 9.11. The number of nitrogens with two attached hydrogens (primary N) is 1. The van der Waals surface area contributed by atoms with E-state index in [1.54, 1.807) is 18.6 Å². The summed E-state index contributed by atoms with van der Waals surface area (Å²) in [5.41, 5.74) is 7.94. The molecule has 5 heteroatoms. The third kappa shape index (κ3) is 2.86. The van der Waals surface area contributed by atoms with E-state index in [9.17, 15) is 0 Å². The van der Waals surface area contributed by atoms with Crippen LogP contribution in [0.4, 0.5) is 5.95 Å². The topological polar surface area (TPSA) is 88.5 Å². The molecular weight excluding hydrogens is 238 g/mol. The van der Waals surface area contributed by atoms with E-state index in [1.165, 1.54) is 0 Å². The van der Waals surface area contributed by atoms with Crippen LogP contribution in [0.5, 0.6) is 0 Å². The second kappa shape index (κ2) is 5.44. The van der Waals surface area contributed by atoms with Crippen LogP contribution in [0.25, 0.3) is 11.3 Å². The average Bonchev–Trinajstić information content (AvgIpc) is 2.41. The summed E-state index contributed by atoms with van der Waals surface area (Å²) in [4.78, 5) is 12.2. The van der Waals surface area contributed by atoms with E-state index in [-0.39, 0.29) is 17.8 Å². The van der Waals surface area contributed by atoms with Gasteiger partial charge in [0.25, 0.3) is 0 Å². The first-order valence-corrected chi connectivity index (χ1v) is 6.05. The largest absolute Gasteiger partial charge is 0.368 e. The monoisotopic (exact) mass is 253 g/mol. The van der Waals surface area contributed by atoms with Crippen molar-refractivity contribution in [2.75, 3.05) is 5.73 Å². The number of hydrogen-bond donors (Lipinski definition) is 1. The zero-order valence-corrected chi connectivity index (χ0v) is 10.9. The normalized spacial score (nSPS) is 12.1. The standard InChI is InChI=1S/C14H15N5/c1-9(2)12(5-15)10-3-4-13(17-6-10)11-7-18-14(16)19-8-11/h3-4,6-9,12H,1-2H3,(H2,16,18,19)/t12-/m1/s1. The second-order valence-electron chi connectivity index (χ2n) is 4.66. The summed E-state index contributed by atoms with van der Waals surface area (Å²) in [6.07, 6.45) is 5.00. The maximum atomic E-state index is 9.16. The van der Waals surface area contributed by atoms with Crippen molar-refractivity contribution in [1.29, 1.82) is 5.26 Å². The lowest BCUT2D eigenvalue weighted by Crippen LogP contribution is -2.04. The molecule has 2 N–H and O–H groups in total. The van der Waals surface area contributed by atoms with Crippen LogP contribution in [0.3, 0.4) is 0 Å². The molecule has 5 nitrogen and oxygen atoms in total. The van der Waals surface area contributed by atoms with Crippen molar-refractivity contribution in [3.63, 3.8) is 0 Å². The second-order valence-corrected chi connectivity index (χ2v) is 4.66. The zero-order chi connectivity index (χ0) is 13.8. The number of pyridine rings is 1. The highest BCUT2D eigenvalue weighted by Crippen LogP contribution is 2.24. The van der Waals surface area contributed by atoms with Crippen molar-refractivity contribution in [2.45, 2.75) is 19.8 Å². The lowest BCUT2D eigenvalue weighted by atomic mass is 9.91. The van der Waals surface area contributed by atoms with Crippen LogP contribution in [-0.4, -0.2) is 15.0 Å². The predicted octanol–water partition coefficient (Wildman–Crippen LogP) is 2.38. The van der Waals surface area contributed by atoms with Gasteiger partial charge in [0.1, 0.15) is 0 Å². The third-order valence-electron chi connectivity index (χ3n) is 2.92. The number of nitrogen functional groups attached to an aromatic ring is 1. The Morgan fingerprint density at radius 1 is 1.11 bits per heavy atom. The molecule has 0 radical (unpaired) electrons. The molecule has 1 atom stereocenters. The molecule has 2 aromatic rings. The average molecular weight is 253 g/mol. The van der Waals surface area contributed by atoms with E-state index in [2.05, 4.69) is 21.0 Å². The number of rotatable bonds is 3. The van der Waals surface area contributed by atoms with Gasteiger partial charge in [0.05, 0.1) is 17.7 Å². The number of nitrogens with zero attached hydrogens (tertiary/aromatic N) is 4. The highest BCUT2D eigenvalue weighted by atomic mass is 15.0. The fraction of sp³-hybridized carbons (Fsp3) is 0.286. The van der Waals surface area contributed by atoms with Gasteiger partial charge in [0.2, 0.25) is 5.95 Å². The summed E-state index contributed by atoms with van der Waals surface area (Å²) in [6.45, 7) is 4.05. The third-order valence-corrected chi connectivity index (χ3v) is 2.92. The summed E-state index contributed by atoms with van der Waals surface area (Å²) in [5, 5.41) is 9.16. The maximum Gasteiger partial charge on any atom is 0.219 e.